The normalized spacial score (nSPS) is 23.7. The molecule has 1 amide bonds. The number of carbonyl (C=O) groups is 1. The van der Waals surface area contributed by atoms with Crippen LogP contribution in [0.1, 0.15) is 12.6 Å². The Hall–Kier alpha value is -2.83. The fourth-order valence-corrected chi connectivity index (χ4v) is 3.56. The predicted octanol–water partition coefficient (Wildman–Crippen LogP) is 0.523. The summed E-state index contributed by atoms with van der Waals surface area (Å²) in [6, 6.07) is 5.74. The number of nitrogens with zero attached hydrogens (tertiary/aromatic N) is 4. The zero-order valence-electron chi connectivity index (χ0n) is 15.5. The quantitative estimate of drug-likeness (QED) is 0.792. The molecule has 2 aliphatic rings. The van der Waals surface area contributed by atoms with Crippen molar-refractivity contribution in [3.05, 3.63) is 30.2 Å². The molecule has 0 saturated carbocycles. The Morgan fingerprint density at radius 1 is 1.50 bits per heavy atom. The summed E-state index contributed by atoms with van der Waals surface area (Å²) >= 11 is 0. The molecule has 0 bridgehead atoms. The van der Waals surface area contributed by atoms with Gasteiger partial charge in [0.2, 0.25) is 0 Å². The van der Waals surface area contributed by atoms with E-state index in [2.05, 4.69) is 26.7 Å². The fourth-order valence-electron chi connectivity index (χ4n) is 3.56. The number of nitriles is 1. The lowest BCUT2D eigenvalue weighted by molar-refractivity contribution is -0.138. The highest BCUT2D eigenvalue weighted by molar-refractivity contribution is 5.94. The van der Waals surface area contributed by atoms with E-state index in [1.807, 2.05) is 17.9 Å². The number of rotatable bonds is 4. The number of morpholine rings is 1. The topological polar surface area (TPSA) is 103 Å². The number of amides is 1. The second-order valence-electron chi connectivity index (χ2n) is 7.32. The fraction of sp³-hybridized carbons (Fsp3) is 0.474. The monoisotopic (exact) mass is 384 g/mol. The summed E-state index contributed by atoms with van der Waals surface area (Å²) in [5.74, 6) is -0.329. The lowest BCUT2D eigenvalue weighted by atomic mass is 9.99. The van der Waals surface area contributed by atoms with Gasteiger partial charge < -0.3 is 20.3 Å². The van der Waals surface area contributed by atoms with Crippen LogP contribution < -0.4 is 15.5 Å². The Labute approximate surface area is 161 Å². The summed E-state index contributed by atoms with van der Waals surface area (Å²) in [5.41, 5.74) is 0.200. The van der Waals surface area contributed by atoms with Gasteiger partial charge in [0.15, 0.2) is 17.5 Å². The molecular formula is C19H21FN6O2. The number of alkyl halides is 1. The van der Waals surface area contributed by atoms with Gasteiger partial charge in [-0.3, -0.25) is 9.78 Å². The van der Waals surface area contributed by atoms with Gasteiger partial charge in [0.1, 0.15) is 11.6 Å². The zero-order chi connectivity index (χ0) is 19.7. The van der Waals surface area contributed by atoms with E-state index >= 15 is 0 Å². The summed E-state index contributed by atoms with van der Waals surface area (Å²) < 4.78 is 19.9. The molecule has 2 N–H and O–H groups in total. The van der Waals surface area contributed by atoms with Gasteiger partial charge in [0.25, 0.3) is 5.91 Å². The van der Waals surface area contributed by atoms with Crippen LogP contribution in [-0.2, 0) is 9.53 Å². The zero-order valence-corrected chi connectivity index (χ0v) is 15.5. The Balaban J connectivity index is 1.55. The first-order valence-electron chi connectivity index (χ1n) is 9.21. The van der Waals surface area contributed by atoms with Crippen molar-refractivity contribution < 1.29 is 13.9 Å². The third-order valence-corrected chi connectivity index (χ3v) is 5.09. The largest absolute Gasteiger partial charge is 0.364 e. The first-order chi connectivity index (χ1) is 13.5. The lowest BCUT2D eigenvalue weighted by Crippen LogP contribution is -2.63. The van der Waals surface area contributed by atoms with E-state index < -0.39 is 11.8 Å². The van der Waals surface area contributed by atoms with Crippen LogP contribution in [-0.4, -0.2) is 66.5 Å². The van der Waals surface area contributed by atoms with Crippen molar-refractivity contribution in [2.45, 2.75) is 24.8 Å². The number of ether oxygens (including phenoxy) is 1. The van der Waals surface area contributed by atoms with Crippen LogP contribution in [0.3, 0.4) is 0 Å². The summed E-state index contributed by atoms with van der Waals surface area (Å²) in [5, 5.41) is 15.6. The second kappa shape index (κ2) is 7.30. The third-order valence-electron chi connectivity index (χ3n) is 5.09. The van der Waals surface area contributed by atoms with Crippen molar-refractivity contribution in [1.29, 1.82) is 5.26 Å². The molecule has 146 valence electrons. The second-order valence-corrected chi connectivity index (χ2v) is 7.32. The van der Waals surface area contributed by atoms with Gasteiger partial charge in [0, 0.05) is 31.2 Å². The van der Waals surface area contributed by atoms with Crippen LogP contribution in [0, 0.1) is 11.3 Å². The van der Waals surface area contributed by atoms with Crippen molar-refractivity contribution in [3.63, 3.8) is 0 Å². The van der Waals surface area contributed by atoms with Gasteiger partial charge in [-0.25, -0.2) is 9.37 Å². The van der Waals surface area contributed by atoms with Crippen molar-refractivity contribution in [3.8, 4) is 6.07 Å². The average Bonchev–Trinajstić information content (AvgIpc) is 2.69. The molecule has 2 aliphatic heterocycles. The van der Waals surface area contributed by atoms with Crippen LogP contribution in [0.4, 0.5) is 10.1 Å². The minimum absolute atomic E-state index is 0.0294. The number of aromatic nitrogens is 2. The molecular weight excluding hydrogens is 363 g/mol. The van der Waals surface area contributed by atoms with Crippen LogP contribution >= 0.6 is 0 Å². The standard InChI is InChI=1S/C19H21FN6O2/c1-12-7-26(8-16(28-12)18(27)25-11-19(20)9-22-10-19)15-6-24-14(5-21)17-13(15)3-2-4-23-17/h2-4,6,12,16,22H,7-11H2,1H3,(H,25,27)/t12-,16-/m1/s1. The van der Waals surface area contributed by atoms with Gasteiger partial charge >= 0.3 is 0 Å². The van der Waals surface area contributed by atoms with E-state index in [0.29, 0.717) is 18.6 Å². The number of hydrogen-bond acceptors (Lipinski definition) is 7. The number of carbonyl (C=O) groups excluding carboxylic acids is 1. The van der Waals surface area contributed by atoms with Gasteiger partial charge in [0.05, 0.1) is 31.1 Å². The van der Waals surface area contributed by atoms with Crippen molar-refractivity contribution in [2.75, 3.05) is 37.6 Å². The Bertz CT molecular complexity index is 942. The molecule has 0 radical (unpaired) electrons. The highest BCUT2D eigenvalue weighted by atomic mass is 19.1. The molecule has 4 heterocycles. The number of halogens is 1. The summed E-state index contributed by atoms with van der Waals surface area (Å²) in [6.07, 6.45) is 2.33. The van der Waals surface area contributed by atoms with Crippen molar-refractivity contribution >= 4 is 22.5 Å². The third kappa shape index (κ3) is 3.48. The summed E-state index contributed by atoms with van der Waals surface area (Å²) in [6.45, 7) is 3.23. The Morgan fingerprint density at radius 3 is 3.04 bits per heavy atom. The molecule has 0 aromatic carbocycles. The first kappa shape index (κ1) is 18.5. The maximum atomic E-state index is 14.1. The molecule has 2 aromatic heterocycles. The number of hydrogen-bond donors (Lipinski definition) is 2. The highest BCUT2D eigenvalue weighted by Gasteiger charge is 2.38. The molecule has 2 fully saturated rings. The van der Waals surface area contributed by atoms with E-state index in [1.165, 1.54) is 0 Å². The molecule has 2 atom stereocenters. The van der Waals surface area contributed by atoms with Crippen LogP contribution in [0.25, 0.3) is 10.9 Å². The molecule has 0 aliphatic carbocycles. The summed E-state index contributed by atoms with van der Waals surface area (Å²) in [4.78, 5) is 23.1. The molecule has 4 rings (SSSR count). The van der Waals surface area contributed by atoms with Gasteiger partial charge in [-0.1, -0.05) is 0 Å². The van der Waals surface area contributed by atoms with E-state index in [1.54, 1.807) is 18.5 Å². The van der Waals surface area contributed by atoms with Crippen LogP contribution in [0.5, 0.6) is 0 Å². The molecule has 2 saturated heterocycles. The van der Waals surface area contributed by atoms with Gasteiger partial charge in [-0.2, -0.15) is 5.26 Å². The number of anilines is 1. The van der Waals surface area contributed by atoms with Gasteiger partial charge in [-0.05, 0) is 19.1 Å². The minimum atomic E-state index is -1.38. The molecule has 2 aromatic rings. The van der Waals surface area contributed by atoms with Gasteiger partial charge in [-0.15, -0.1) is 0 Å². The molecule has 8 nitrogen and oxygen atoms in total. The highest BCUT2D eigenvalue weighted by Crippen LogP contribution is 2.29. The molecule has 0 spiro atoms. The van der Waals surface area contributed by atoms with Crippen molar-refractivity contribution in [1.82, 2.24) is 20.6 Å². The maximum absolute atomic E-state index is 14.1. The maximum Gasteiger partial charge on any atom is 0.251 e. The number of nitrogens with one attached hydrogen (secondary N) is 2. The van der Waals surface area contributed by atoms with Crippen LogP contribution in [0.2, 0.25) is 0 Å². The number of fused-ring (bicyclic) bond motifs is 1. The predicted molar refractivity (Wildman–Crippen MR) is 101 cm³/mol. The average molecular weight is 384 g/mol. The SMILES string of the molecule is C[C@@H]1CN(c2cnc(C#N)c3ncccc23)C[C@H](C(=O)NCC2(F)CNC2)O1. The van der Waals surface area contributed by atoms with E-state index in [4.69, 9.17) is 4.74 Å². The number of pyridine rings is 2. The first-order valence-corrected chi connectivity index (χ1v) is 9.21. The lowest BCUT2D eigenvalue weighted by Gasteiger charge is -2.39. The Kier molecular flexibility index (Phi) is 4.83. The van der Waals surface area contributed by atoms with Crippen molar-refractivity contribution in [2.24, 2.45) is 0 Å². The Morgan fingerprint density at radius 2 is 2.32 bits per heavy atom. The van der Waals surface area contributed by atoms with Crippen LogP contribution in [0.15, 0.2) is 24.5 Å². The molecule has 28 heavy (non-hydrogen) atoms. The minimum Gasteiger partial charge on any atom is -0.364 e. The summed E-state index contributed by atoms with van der Waals surface area (Å²) in [7, 11) is 0. The molecule has 0 unspecified atom stereocenters. The molecule has 9 heteroatoms. The van der Waals surface area contributed by atoms with E-state index in [0.717, 1.165) is 11.1 Å². The van der Waals surface area contributed by atoms with E-state index in [-0.39, 0.29) is 37.3 Å². The smallest absolute Gasteiger partial charge is 0.251 e. The van der Waals surface area contributed by atoms with E-state index in [9.17, 15) is 14.4 Å².